The van der Waals surface area contributed by atoms with Crippen molar-refractivity contribution in [2.75, 3.05) is 22.6 Å². The zero-order valence-corrected chi connectivity index (χ0v) is 23.3. The fourth-order valence-electron chi connectivity index (χ4n) is 6.80. The molecule has 1 saturated heterocycles. The van der Waals surface area contributed by atoms with Crippen LogP contribution in [0.1, 0.15) is 21.5 Å². The topological polar surface area (TPSA) is 87.7 Å². The average molecular weight is 576 g/mol. The number of ketones is 1. The standard InChI is InChI=1S/C34H26ClN3O4/c1-42-24-17-10-21(11-18-24)31(39)29-30(32(40)36-23-15-13-22(35)14-16-23)38-27-9-5-2-6-20(27)12-19-28(38)34(29)25-7-3-4-8-26(25)37-33(34)41/h2-19,28-30H,1H3,(H,36,40)(H,37,41)/t28-,29+,30-,34+/m1/s1. The summed E-state index contributed by atoms with van der Waals surface area (Å²) in [7, 11) is 1.56. The first-order chi connectivity index (χ1) is 20.4. The highest BCUT2D eigenvalue weighted by Gasteiger charge is 2.70. The molecule has 7 rings (SSSR count). The first-order valence-corrected chi connectivity index (χ1v) is 14.0. The summed E-state index contributed by atoms with van der Waals surface area (Å²) < 4.78 is 5.32. The predicted molar refractivity (Wildman–Crippen MR) is 163 cm³/mol. The van der Waals surface area contributed by atoms with E-state index in [0.29, 0.717) is 33.3 Å². The molecule has 4 aromatic rings. The molecular formula is C34H26ClN3O4. The maximum absolute atomic E-state index is 14.8. The van der Waals surface area contributed by atoms with Crippen molar-refractivity contribution in [3.8, 4) is 5.75 Å². The van der Waals surface area contributed by atoms with E-state index in [4.69, 9.17) is 16.3 Å². The van der Waals surface area contributed by atoms with Crippen molar-refractivity contribution in [2.24, 2.45) is 5.92 Å². The van der Waals surface area contributed by atoms with E-state index in [1.165, 1.54) is 0 Å². The Bertz CT molecular complexity index is 1770. The summed E-state index contributed by atoms with van der Waals surface area (Å²) in [5.41, 5.74) is 2.57. The molecule has 2 N–H and O–H groups in total. The molecule has 3 heterocycles. The molecule has 0 bridgehead atoms. The first kappa shape index (κ1) is 26.0. The number of nitrogens with one attached hydrogen (secondary N) is 2. The molecule has 3 aliphatic heterocycles. The summed E-state index contributed by atoms with van der Waals surface area (Å²) in [5.74, 6) is -1.48. The molecule has 3 aliphatic rings. The number of ether oxygens (including phenoxy) is 1. The average Bonchev–Trinajstić information content (AvgIpc) is 3.50. The van der Waals surface area contributed by atoms with Gasteiger partial charge in [-0.1, -0.05) is 60.2 Å². The predicted octanol–water partition coefficient (Wildman–Crippen LogP) is 5.96. The van der Waals surface area contributed by atoms with Crippen LogP contribution in [0.5, 0.6) is 5.75 Å². The van der Waals surface area contributed by atoms with Crippen molar-refractivity contribution >= 4 is 52.3 Å². The molecule has 4 atom stereocenters. The van der Waals surface area contributed by atoms with Gasteiger partial charge in [-0.3, -0.25) is 14.4 Å². The van der Waals surface area contributed by atoms with Crippen molar-refractivity contribution in [1.82, 2.24) is 0 Å². The van der Waals surface area contributed by atoms with Gasteiger partial charge < -0.3 is 20.3 Å². The number of carbonyl (C=O) groups excluding carboxylic acids is 3. The molecule has 208 valence electrons. The van der Waals surface area contributed by atoms with E-state index >= 15 is 0 Å². The lowest BCUT2D eigenvalue weighted by molar-refractivity contribution is -0.122. The number of hydrogen-bond donors (Lipinski definition) is 2. The smallest absolute Gasteiger partial charge is 0.247 e. The molecule has 42 heavy (non-hydrogen) atoms. The second-order valence-electron chi connectivity index (χ2n) is 10.7. The number of Topliss-reactive ketones (excluding diaryl/α,β-unsaturated/α-hetero) is 1. The van der Waals surface area contributed by atoms with Crippen LogP contribution < -0.4 is 20.3 Å². The third kappa shape index (κ3) is 3.77. The molecule has 0 radical (unpaired) electrons. The van der Waals surface area contributed by atoms with Gasteiger partial charge in [0.15, 0.2) is 5.78 Å². The van der Waals surface area contributed by atoms with Crippen molar-refractivity contribution in [3.63, 3.8) is 0 Å². The zero-order chi connectivity index (χ0) is 29.0. The molecule has 0 saturated carbocycles. The van der Waals surface area contributed by atoms with Gasteiger partial charge in [-0.25, -0.2) is 0 Å². The first-order valence-electron chi connectivity index (χ1n) is 13.6. The van der Waals surface area contributed by atoms with Crippen molar-refractivity contribution in [1.29, 1.82) is 0 Å². The molecule has 0 unspecified atom stereocenters. The number of carbonyl (C=O) groups is 3. The van der Waals surface area contributed by atoms with Gasteiger partial charge in [0.05, 0.1) is 19.1 Å². The van der Waals surface area contributed by atoms with E-state index in [1.54, 1.807) is 55.6 Å². The Balaban J connectivity index is 1.47. The van der Waals surface area contributed by atoms with Crippen LogP contribution in [-0.4, -0.2) is 36.8 Å². The van der Waals surface area contributed by atoms with Crippen LogP contribution in [-0.2, 0) is 15.0 Å². The molecule has 4 aromatic carbocycles. The summed E-state index contributed by atoms with van der Waals surface area (Å²) in [5, 5.41) is 6.58. The number of amides is 2. The summed E-state index contributed by atoms with van der Waals surface area (Å²) in [6.07, 6.45) is 3.93. The monoisotopic (exact) mass is 575 g/mol. The Kier molecular flexibility index (Phi) is 6.13. The maximum atomic E-state index is 14.8. The highest BCUT2D eigenvalue weighted by atomic mass is 35.5. The Hall–Kier alpha value is -4.88. The molecule has 1 fully saturated rings. The highest BCUT2D eigenvalue weighted by molar-refractivity contribution is 6.30. The molecular weight excluding hydrogens is 550 g/mol. The Morgan fingerprint density at radius 2 is 1.64 bits per heavy atom. The van der Waals surface area contributed by atoms with Gasteiger partial charge in [0.25, 0.3) is 0 Å². The zero-order valence-electron chi connectivity index (χ0n) is 22.6. The number of halogens is 1. The molecule has 0 aromatic heterocycles. The summed E-state index contributed by atoms with van der Waals surface area (Å²) in [6, 6.07) is 27.1. The van der Waals surface area contributed by atoms with Crippen LogP contribution >= 0.6 is 11.6 Å². The van der Waals surface area contributed by atoms with E-state index in [-0.39, 0.29) is 11.7 Å². The fourth-order valence-corrected chi connectivity index (χ4v) is 6.93. The molecule has 8 heteroatoms. The second kappa shape index (κ2) is 9.89. The fraction of sp³-hybridized carbons (Fsp3) is 0.147. The van der Waals surface area contributed by atoms with Gasteiger partial charge >= 0.3 is 0 Å². The number of anilines is 3. The minimum Gasteiger partial charge on any atom is -0.497 e. The molecule has 7 nitrogen and oxygen atoms in total. The Morgan fingerprint density at radius 1 is 0.929 bits per heavy atom. The Labute approximate surface area is 247 Å². The maximum Gasteiger partial charge on any atom is 0.247 e. The third-order valence-electron chi connectivity index (χ3n) is 8.58. The Morgan fingerprint density at radius 3 is 2.40 bits per heavy atom. The summed E-state index contributed by atoms with van der Waals surface area (Å²) in [4.78, 5) is 45.5. The van der Waals surface area contributed by atoms with E-state index in [1.807, 2.05) is 65.6 Å². The lowest BCUT2D eigenvalue weighted by atomic mass is 9.64. The van der Waals surface area contributed by atoms with Gasteiger partial charge in [0.2, 0.25) is 11.8 Å². The lowest BCUT2D eigenvalue weighted by Crippen LogP contribution is -2.51. The highest BCUT2D eigenvalue weighted by Crippen LogP contribution is 2.57. The van der Waals surface area contributed by atoms with Gasteiger partial charge in [-0.05, 0) is 71.8 Å². The van der Waals surface area contributed by atoms with E-state index in [2.05, 4.69) is 10.6 Å². The summed E-state index contributed by atoms with van der Waals surface area (Å²) in [6.45, 7) is 0. The van der Waals surface area contributed by atoms with Crippen LogP contribution in [0.15, 0.2) is 103 Å². The van der Waals surface area contributed by atoms with E-state index in [0.717, 1.165) is 11.3 Å². The van der Waals surface area contributed by atoms with E-state index < -0.39 is 29.3 Å². The summed E-state index contributed by atoms with van der Waals surface area (Å²) >= 11 is 6.10. The number of fused-ring (bicyclic) bond motifs is 6. The largest absolute Gasteiger partial charge is 0.497 e. The number of rotatable bonds is 5. The van der Waals surface area contributed by atoms with Crippen LogP contribution in [0.3, 0.4) is 0 Å². The third-order valence-corrected chi connectivity index (χ3v) is 8.83. The number of benzene rings is 4. The van der Waals surface area contributed by atoms with E-state index in [9.17, 15) is 14.4 Å². The molecule has 2 amide bonds. The minimum atomic E-state index is -1.38. The van der Waals surface area contributed by atoms with Gasteiger partial charge in [0.1, 0.15) is 17.2 Å². The quantitative estimate of drug-likeness (QED) is 0.287. The van der Waals surface area contributed by atoms with Crippen molar-refractivity contribution < 1.29 is 19.1 Å². The van der Waals surface area contributed by atoms with Gasteiger partial charge in [-0.15, -0.1) is 0 Å². The minimum absolute atomic E-state index is 0.305. The van der Waals surface area contributed by atoms with Crippen LogP contribution in [0, 0.1) is 5.92 Å². The number of methoxy groups -OCH3 is 1. The molecule has 1 spiro atoms. The van der Waals surface area contributed by atoms with Gasteiger partial charge in [-0.2, -0.15) is 0 Å². The number of para-hydroxylation sites is 2. The van der Waals surface area contributed by atoms with Crippen molar-refractivity contribution in [2.45, 2.75) is 17.5 Å². The number of nitrogens with zero attached hydrogens (tertiary/aromatic N) is 1. The lowest BCUT2D eigenvalue weighted by Gasteiger charge is -2.37. The van der Waals surface area contributed by atoms with Crippen molar-refractivity contribution in [3.05, 3.63) is 125 Å². The second-order valence-corrected chi connectivity index (χ2v) is 11.1. The number of hydrogen-bond acceptors (Lipinski definition) is 5. The molecule has 0 aliphatic carbocycles. The van der Waals surface area contributed by atoms with Gasteiger partial charge in [0, 0.05) is 27.6 Å². The van der Waals surface area contributed by atoms with Crippen LogP contribution in [0.4, 0.5) is 17.1 Å². The van der Waals surface area contributed by atoms with Crippen LogP contribution in [0.25, 0.3) is 6.08 Å². The SMILES string of the molecule is COc1ccc(C(=O)[C@@H]2[C@H](C(=O)Nc3ccc(Cl)cc3)N3c4ccccc4C=C[C@@H]3[C@]23C(=O)Nc2ccccc23)cc1. The van der Waals surface area contributed by atoms with Crippen LogP contribution in [0.2, 0.25) is 5.02 Å². The normalized spacial score (nSPS) is 23.1.